The van der Waals surface area contributed by atoms with Crippen molar-refractivity contribution in [2.75, 3.05) is 0 Å². The van der Waals surface area contributed by atoms with Crippen LogP contribution in [-0.2, 0) is 0 Å². The number of hydrogen-bond donors (Lipinski definition) is 1. The van der Waals surface area contributed by atoms with Crippen molar-refractivity contribution < 1.29 is 13.6 Å². The molecule has 2 N–H and O–H groups in total. The molecule has 0 saturated heterocycles. The van der Waals surface area contributed by atoms with Gasteiger partial charge in [-0.2, -0.15) is 0 Å². The van der Waals surface area contributed by atoms with Crippen molar-refractivity contribution in [3.8, 4) is 0 Å². The summed E-state index contributed by atoms with van der Waals surface area (Å²) in [5.74, 6) is -1.78. The van der Waals surface area contributed by atoms with Crippen molar-refractivity contribution in [1.82, 2.24) is 0 Å². The number of hydrogen-bond acceptors (Lipinski definition) is 2. The van der Waals surface area contributed by atoms with E-state index in [0.717, 1.165) is 18.2 Å². The molecule has 1 unspecified atom stereocenters. The molecule has 0 radical (unpaired) electrons. The molecule has 0 bridgehead atoms. The van der Waals surface area contributed by atoms with E-state index >= 15 is 0 Å². The molecule has 1 aromatic carbocycles. The minimum absolute atomic E-state index is 0.0386. The van der Waals surface area contributed by atoms with Gasteiger partial charge in [-0.1, -0.05) is 6.92 Å². The van der Waals surface area contributed by atoms with Crippen LogP contribution >= 0.6 is 0 Å². The van der Waals surface area contributed by atoms with Crippen LogP contribution in [0.15, 0.2) is 18.2 Å². The maximum atomic E-state index is 13.1. The molecule has 1 aromatic rings. The number of Topliss-reactive ketones (excluding diaryl/α,β-unsaturated/α-hetero) is 1. The van der Waals surface area contributed by atoms with Crippen molar-refractivity contribution in [3.05, 3.63) is 35.4 Å². The van der Waals surface area contributed by atoms with Crippen LogP contribution in [0.3, 0.4) is 0 Å². The zero-order valence-electron chi connectivity index (χ0n) is 8.47. The Hall–Kier alpha value is -1.29. The first kappa shape index (κ1) is 11.8. The summed E-state index contributed by atoms with van der Waals surface area (Å²) in [5, 5.41) is 0. The van der Waals surface area contributed by atoms with E-state index in [1.807, 2.05) is 6.92 Å². The van der Waals surface area contributed by atoms with Crippen molar-refractivity contribution in [2.45, 2.75) is 25.8 Å². The fraction of sp³-hybridized carbons (Fsp3) is 0.364. The molecule has 0 fully saturated rings. The highest BCUT2D eigenvalue weighted by atomic mass is 19.1. The predicted molar refractivity (Wildman–Crippen MR) is 53.6 cm³/mol. The van der Waals surface area contributed by atoms with E-state index in [0.29, 0.717) is 6.42 Å². The van der Waals surface area contributed by atoms with Gasteiger partial charge >= 0.3 is 0 Å². The summed E-state index contributed by atoms with van der Waals surface area (Å²) < 4.78 is 25.9. The molecule has 2 nitrogen and oxygen atoms in total. The molecule has 0 heterocycles. The van der Waals surface area contributed by atoms with Crippen molar-refractivity contribution in [2.24, 2.45) is 5.73 Å². The quantitative estimate of drug-likeness (QED) is 0.779. The number of ketones is 1. The van der Waals surface area contributed by atoms with Gasteiger partial charge in [-0.3, -0.25) is 4.79 Å². The van der Waals surface area contributed by atoms with E-state index in [9.17, 15) is 13.6 Å². The zero-order chi connectivity index (χ0) is 11.4. The van der Waals surface area contributed by atoms with E-state index in [-0.39, 0.29) is 18.0 Å². The van der Waals surface area contributed by atoms with Crippen LogP contribution in [0.25, 0.3) is 0 Å². The fourth-order valence-electron chi connectivity index (χ4n) is 1.20. The Balaban J connectivity index is 2.86. The summed E-state index contributed by atoms with van der Waals surface area (Å²) in [4.78, 5) is 11.5. The molecule has 0 spiro atoms. The SMILES string of the molecule is CCC(N)CC(=O)c1cc(F)ccc1F. The first-order chi connectivity index (χ1) is 7.04. The van der Waals surface area contributed by atoms with Gasteiger partial charge in [-0.05, 0) is 24.6 Å². The van der Waals surface area contributed by atoms with Crippen LogP contribution < -0.4 is 5.73 Å². The molecule has 0 saturated carbocycles. The predicted octanol–water partition coefficient (Wildman–Crippen LogP) is 2.27. The summed E-state index contributed by atoms with van der Waals surface area (Å²) >= 11 is 0. The number of rotatable bonds is 4. The molecule has 0 aliphatic rings. The second-order valence-corrected chi connectivity index (χ2v) is 3.42. The van der Waals surface area contributed by atoms with Crippen LogP contribution in [0.1, 0.15) is 30.1 Å². The Morgan fingerprint density at radius 3 is 2.73 bits per heavy atom. The highest BCUT2D eigenvalue weighted by Crippen LogP contribution is 2.13. The van der Waals surface area contributed by atoms with Crippen LogP contribution in [0.2, 0.25) is 0 Å². The van der Waals surface area contributed by atoms with Crippen molar-refractivity contribution in [1.29, 1.82) is 0 Å². The topological polar surface area (TPSA) is 43.1 Å². The van der Waals surface area contributed by atoms with Gasteiger partial charge in [0.1, 0.15) is 11.6 Å². The summed E-state index contributed by atoms with van der Waals surface area (Å²) in [6, 6.07) is 2.52. The summed E-state index contributed by atoms with van der Waals surface area (Å²) in [5.41, 5.74) is 5.34. The highest BCUT2D eigenvalue weighted by Gasteiger charge is 2.15. The Labute approximate surface area is 87.1 Å². The van der Waals surface area contributed by atoms with Gasteiger partial charge in [0.2, 0.25) is 0 Å². The normalized spacial score (nSPS) is 12.5. The Morgan fingerprint density at radius 1 is 1.47 bits per heavy atom. The van der Waals surface area contributed by atoms with Crippen molar-refractivity contribution in [3.63, 3.8) is 0 Å². The fourth-order valence-corrected chi connectivity index (χ4v) is 1.20. The molecule has 15 heavy (non-hydrogen) atoms. The number of nitrogens with two attached hydrogens (primary N) is 1. The number of benzene rings is 1. The first-order valence-corrected chi connectivity index (χ1v) is 4.78. The van der Waals surface area contributed by atoms with Gasteiger partial charge in [0, 0.05) is 12.5 Å². The largest absolute Gasteiger partial charge is 0.327 e. The minimum Gasteiger partial charge on any atom is -0.327 e. The smallest absolute Gasteiger partial charge is 0.167 e. The average molecular weight is 213 g/mol. The van der Waals surface area contributed by atoms with Crippen LogP contribution in [0, 0.1) is 11.6 Å². The lowest BCUT2D eigenvalue weighted by atomic mass is 10.0. The Morgan fingerprint density at radius 2 is 2.13 bits per heavy atom. The third-order valence-electron chi connectivity index (χ3n) is 2.20. The molecule has 1 rings (SSSR count). The van der Waals surface area contributed by atoms with Gasteiger partial charge < -0.3 is 5.73 Å². The maximum absolute atomic E-state index is 13.1. The van der Waals surface area contributed by atoms with Gasteiger partial charge in [0.25, 0.3) is 0 Å². The third kappa shape index (κ3) is 3.09. The summed E-state index contributed by atoms with van der Waals surface area (Å²) in [7, 11) is 0. The molecule has 82 valence electrons. The Bertz CT molecular complexity index is 366. The van der Waals surface area contributed by atoms with E-state index in [2.05, 4.69) is 0 Å². The van der Waals surface area contributed by atoms with E-state index < -0.39 is 17.4 Å². The van der Waals surface area contributed by atoms with Gasteiger partial charge in [0.15, 0.2) is 5.78 Å². The second-order valence-electron chi connectivity index (χ2n) is 3.42. The van der Waals surface area contributed by atoms with Crippen LogP contribution in [0.5, 0.6) is 0 Å². The van der Waals surface area contributed by atoms with Gasteiger partial charge in [-0.15, -0.1) is 0 Å². The average Bonchev–Trinajstić information content (AvgIpc) is 2.21. The molecule has 0 aromatic heterocycles. The van der Waals surface area contributed by atoms with Gasteiger partial charge in [-0.25, -0.2) is 8.78 Å². The standard InChI is InChI=1S/C11H13F2NO/c1-2-8(14)6-11(15)9-5-7(12)3-4-10(9)13/h3-5,8H,2,6,14H2,1H3. The molecular formula is C11H13F2NO. The number of halogens is 2. The molecule has 0 aliphatic heterocycles. The van der Waals surface area contributed by atoms with Crippen molar-refractivity contribution >= 4 is 5.78 Å². The zero-order valence-corrected chi connectivity index (χ0v) is 8.47. The molecular weight excluding hydrogens is 200 g/mol. The molecule has 4 heteroatoms. The minimum atomic E-state index is -0.704. The summed E-state index contributed by atoms with van der Waals surface area (Å²) in [6.45, 7) is 1.83. The number of carbonyl (C=O) groups excluding carboxylic acids is 1. The summed E-state index contributed by atoms with van der Waals surface area (Å²) in [6.07, 6.45) is 0.666. The van der Waals surface area contributed by atoms with Crippen LogP contribution in [0.4, 0.5) is 8.78 Å². The van der Waals surface area contributed by atoms with Crippen LogP contribution in [-0.4, -0.2) is 11.8 Å². The molecule has 0 aliphatic carbocycles. The maximum Gasteiger partial charge on any atom is 0.167 e. The number of carbonyl (C=O) groups is 1. The second kappa shape index (κ2) is 4.98. The van der Waals surface area contributed by atoms with Gasteiger partial charge in [0.05, 0.1) is 5.56 Å². The Kier molecular flexibility index (Phi) is 3.91. The van der Waals surface area contributed by atoms with E-state index in [1.54, 1.807) is 0 Å². The highest BCUT2D eigenvalue weighted by molar-refractivity contribution is 5.96. The monoisotopic (exact) mass is 213 g/mol. The molecule has 0 amide bonds. The third-order valence-corrected chi connectivity index (χ3v) is 2.20. The first-order valence-electron chi connectivity index (χ1n) is 4.78. The lowest BCUT2D eigenvalue weighted by Crippen LogP contribution is -2.23. The lowest BCUT2D eigenvalue weighted by molar-refractivity contribution is 0.0969. The molecule has 1 atom stereocenters. The van der Waals surface area contributed by atoms with E-state index in [1.165, 1.54) is 0 Å². The van der Waals surface area contributed by atoms with E-state index in [4.69, 9.17) is 5.73 Å². The lowest BCUT2D eigenvalue weighted by Gasteiger charge is -2.07.